The number of nitrogens with zero attached hydrogens (tertiary/aromatic N) is 1. The summed E-state index contributed by atoms with van der Waals surface area (Å²) in [7, 11) is 1.56. The molecule has 0 radical (unpaired) electrons. The third kappa shape index (κ3) is 3.38. The van der Waals surface area contributed by atoms with Crippen molar-refractivity contribution in [1.29, 1.82) is 0 Å². The summed E-state index contributed by atoms with van der Waals surface area (Å²) < 4.78 is 5.43. The molecule has 3 rings (SSSR count). The minimum atomic E-state index is -0.0683. The van der Waals surface area contributed by atoms with E-state index >= 15 is 0 Å². The second kappa shape index (κ2) is 7.01. The third-order valence-electron chi connectivity index (χ3n) is 4.49. The van der Waals surface area contributed by atoms with Crippen LogP contribution >= 0.6 is 0 Å². The molecule has 4 nitrogen and oxygen atoms in total. The Morgan fingerprint density at radius 1 is 1.28 bits per heavy atom. The van der Waals surface area contributed by atoms with E-state index in [-0.39, 0.29) is 11.7 Å². The average Bonchev–Trinajstić information content (AvgIpc) is 2.91. The molecule has 0 saturated carbocycles. The summed E-state index contributed by atoms with van der Waals surface area (Å²) in [5, 5.41) is 10.7. The quantitative estimate of drug-likeness (QED) is 0.837. The van der Waals surface area contributed by atoms with E-state index in [1.165, 1.54) is 5.57 Å². The van der Waals surface area contributed by atoms with E-state index in [1.54, 1.807) is 18.1 Å². The molecule has 0 spiro atoms. The van der Waals surface area contributed by atoms with E-state index in [1.807, 2.05) is 50.3 Å². The SMILES string of the molecule is COc1cc2c(c(O)c1CC=C(C)C)CN(Cc1ccccc1)C2=O. The van der Waals surface area contributed by atoms with E-state index in [2.05, 4.69) is 0 Å². The van der Waals surface area contributed by atoms with Crippen LogP contribution in [0.3, 0.4) is 0 Å². The summed E-state index contributed by atoms with van der Waals surface area (Å²) in [6.07, 6.45) is 2.62. The number of carbonyl (C=O) groups excluding carboxylic acids is 1. The molecule has 1 aliphatic heterocycles. The smallest absolute Gasteiger partial charge is 0.255 e. The number of ether oxygens (including phenoxy) is 1. The second-order valence-electron chi connectivity index (χ2n) is 6.56. The summed E-state index contributed by atoms with van der Waals surface area (Å²) in [5.41, 5.74) is 4.20. The number of phenolic OH excluding ortho intramolecular Hbond substituents is 1. The topological polar surface area (TPSA) is 49.8 Å². The van der Waals surface area contributed by atoms with E-state index in [4.69, 9.17) is 4.74 Å². The molecule has 0 saturated heterocycles. The third-order valence-corrected chi connectivity index (χ3v) is 4.49. The Hall–Kier alpha value is -2.75. The molecular formula is C21H23NO3. The number of phenols is 1. The van der Waals surface area contributed by atoms with E-state index in [9.17, 15) is 9.90 Å². The first-order valence-electron chi connectivity index (χ1n) is 8.39. The van der Waals surface area contributed by atoms with Gasteiger partial charge in [-0.05, 0) is 31.9 Å². The summed E-state index contributed by atoms with van der Waals surface area (Å²) in [4.78, 5) is 14.5. The Kier molecular flexibility index (Phi) is 4.79. The van der Waals surface area contributed by atoms with Crippen molar-refractivity contribution in [1.82, 2.24) is 4.90 Å². The number of fused-ring (bicyclic) bond motifs is 1. The molecule has 130 valence electrons. The van der Waals surface area contributed by atoms with Crippen LogP contribution in [-0.2, 0) is 19.5 Å². The number of methoxy groups -OCH3 is 1. The Morgan fingerprint density at radius 3 is 2.64 bits per heavy atom. The van der Waals surface area contributed by atoms with Crippen LogP contribution < -0.4 is 4.74 Å². The van der Waals surface area contributed by atoms with E-state index in [0.717, 1.165) is 11.1 Å². The predicted molar refractivity (Wildman–Crippen MR) is 97.8 cm³/mol. The van der Waals surface area contributed by atoms with Crippen LogP contribution in [0.4, 0.5) is 0 Å². The maximum atomic E-state index is 12.7. The molecule has 0 aromatic heterocycles. The van der Waals surface area contributed by atoms with Crippen LogP contribution in [0.2, 0.25) is 0 Å². The number of allylic oxidation sites excluding steroid dienone is 2. The van der Waals surface area contributed by atoms with Crippen LogP contribution in [0.1, 0.15) is 40.9 Å². The van der Waals surface area contributed by atoms with Crippen LogP contribution in [0.15, 0.2) is 48.0 Å². The highest BCUT2D eigenvalue weighted by Crippen LogP contribution is 2.39. The highest BCUT2D eigenvalue weighted by Gasteiger charge is 2.32. The van der Waals surface area contributed by atoms with Gasteiger partial charge in [0, 0.05) is 17.7 Å². The molecule has 4 heteroatoms. The standard InChI is InChI=1S/C21H23NO3/c1-14(2)9-10-16-19(25-3)11-17-18(20(16)23)13-22(21(17)24)12-15-7-5-4-6-8-15/h4-9,11,23H,10,12-13H2,1-3H3. The minimum absolute atomic E-state index is 0.0683. The van der Waals surface area contributed by atoms with Gasteiger partial charge in [-0.2, -0.15) is 0 Å². The largest absolute Gasteiger partial charge is 0.507 e. The van der Waals surface area contributed by atoms with Crippen LogP contribution in [0, 0.1) is 0 Å². The van der Waals surface area contributed by atoms with Crippen molar-refractivity contribution in [2.45, 2.75) is 33.4 Å². The maximum absolute atomic E-state index is 12.7. The Labute approximate surface area is 148 Å². The molecule has 0 aliphatic carbocycles. The van der Waals surface area contributed by atoms with Crippen molar-refractivity contribution in [2.75, 3.05) is 7.11 Å². The summed E-state index contributed by atoms with van der Waals surface area (Å²) in [6.45, 7) is 4.98. The van der Waals surface area contributed by atoms with Crippen molar-refractivity contribution in [2.24, 2.45) is 0 Å². The number of hydrogen-bond acceptors (Lipinski definition) is 3. The lowest BCUT2D eigenvalue weighted by molar-refractivity contribution is 0.0766. The highest BCUT2D eigenvalue weighted by molar-refractivity contribution is 6.00. The van der Waals surface area contributed by atoms with Gasteiger partial charge < -0.3 is 14.7 Å². The molecule has 2 aromatic rings. The fourth-order valence-corrected chi connectivity index (χ4v) is 3.13. The molecule has 1 aliphatic rings. The van der Waals surface area contributed by atoms with Gasteiger partial charge in [-0.25, -0.2) is 0 Å². The van der Waals surface area contributed by atoms with Crippen molar-refractivity contribution >= 4 is 5.91 Å². The monoisotopic (exact) mass is 337 g/mol. The van der Waals surface area contributed by atoms with Gasteiger partial charge in [-0.3, -0.25) is 4.79 Å². The van der Waals surface area contributed by atoms with Crippen LogP contribution in [-0.4, -0.2) is 23.0 Å². The van der Waals surface area contributed by atoms with Gasteiger partial charge in [0.05, 0.1) is 19.2 Å². The Balaban J connectivity index is 1.94. The molecule has 1 N–H and O–H groups in total. The molecule has 0 bridgehead atoms. The van der Waals surface area contributed by atoms with Gasteiger partial charge in [0.2, 0.25) is 0 Å². The second-order valence-corrected chi connectivity index (χ2v) is 6.56. The normalized spacial score (nSPS) is 12.9. The van der Waals surface area contributed by atoms with Gasteiger partial charge in [-0.1, -0.05) is 42.0 Å². The van der Waals surface area contributed by atoms with Crippen molar-refractivity contribution < 1.29 is 14.6 Å². The molecule has 1 heterocycles. The Morgan fingerprint density at radius 2 is 2.00 bits per heavy atom. The lowest BCUT2D eigenvalue weighted by atomic mass is 10.00. The van der Waals surface area contributed by atoms with E-state index < -0.39 is 0 Å². The van der Waals surface area contributed by atoms with Gasteiger partial charge >= 0.3 is 0 Å². The molecule has 0 unspecified atom stereocenters. The lowest BCUT2D eigenvalue weighted by Gasteiger charge is -2.15. The van der Waals surface area contributed by atoms with Gasteiger partial charge in [0.15, 0.2) is 0 Å². The van der Waals surface area contributed by atoms with Gasteiger partial charge in [0.1, 0.15) is 11.5 Å². The van der Waals surface area contributed by atoms with Crippen molar-refractivity contribution in [3.05, 3.63) is 70.3 Å². The zero-order valence-corrected chi connectivity index (χ0v) is 14.9. The number of hydrogen-bond donors (Lipinski definition) is 1. The summed E-state index contributed by atoms with van der Waals surface area (Å²) in [6, 6.07) is 11.6. The van der Waals surface area contributed by atoms with Crippen molar-refractivity contribution in [3.8, 4) is 11.5 Å². The van der Waals surface area contributed by atoms with Crippen LogP contribution in [0.25, 0.3) is 0 Å². The van der Waals surface area contributed by atoms with Gasteiger partial charge in [0.25, 0.3) is 5.91 Å². The summed E-state index contributed by atoms with van der Waals surface area (Å²) in [5.74, 6) is 0.667. The molecule has 2 aromatic carbocycles. The fraction of sp³-hybridized carbons (Fsp3) is 0.286. The predicted octanol–water partition coefficient (Wildman–Crippen LogP) is 4.07. The average molecular weight is 337 g/mol. The first-order chi connectivity index (χ1) is 12.0. The number of amides is 1. The zero-order valence-electron chi connectivity index (χ0n) is 14.9. The number of benzene rings is 2. The summed E-state index contributed by atoms with van der Waals surface area (Å²) >= 11 is 0. The molecule has 25 heavy (non-hydrogen) atoms. The van der Waals surface area contributed by atoms with Crippen LogP contribution in [0.5, 0.6) is 11.5 Å². The first kappa shape index (κ1) is 17.1. The zero-order chi connectivity index (χ0) is 18.0. The molecule has 0 atom stereocenters. The number of aromatic hydroxyl groups is 1. The number of carbonyl (C=O) groups is 1. The minimum Gasteiger partial charge on any atom is -0.507 e. The molecule has 0 fully saturated rings. The lowest BCUT2D eigenvalue weighted by Crippen LogP contribution is -2.23. The van der Waals surface area contributed by atoms with E-state index in [0.29, 0.717) is 36.4 Å². The Bertz CT molecular complexity index is 821. The molecule has 1 amide bonds. The first-order valence-corrected chi connectivity index (χ1v) is 8.39. The number of rotatable bonds is 5. The molecular weight excluding hydrogens is 314 g/mol. The highest BCUT2D eigenvalue weighted by atomic mass is 16.5. The fourth-order valence-electron chi connectivity index (χ4n) is 3.13. The maximum Gasteiger partial charge on any atom is 0.255 e. The van der Waals surface area contributed by atoms with Crippen molar-refractivity contribution in [3.63, 3.8) is 0 Å². The van der Waals surface area contributed by atoms with Gasteiger partial charge in [-0.15, -0.1) is 0 Å².